The predicted molar refractivity (Wildman–Crippen MR) is 105 cm³/mol. The van der Waals surface area contributed by atoms with Crippen molar-refractivity contribution in [2.24, 2.45) is 5.41 Å². The lowest BCUT2D eigenvalue weighted by atomic mass is 9.91. The first kappa shape index (κ1) is 18.8. The van der Waals surface area contributed by atoms with E-state index in [0.29, 0.717) is 24.6 Å². The van der Waals surface area contributed by atoms with Crippen molar-refractivity contribution >= 4 is 5.91 Å². The minimum atomic E-state index is -0.368. The highest BCUT2D eigenvalue weighted by Crippen LogP contribution is 2.23. The molecule has 0 aliphatic heterocycles. The van der Waals surface area contributed by atoms with Gasteiger partial charge in [0.1, 0.15) is 6.04 Å². The second kappa shape index (κ2) is 8.16. The molecule has 1 amide bonds. The van der Waals surface area contributed by atoms with E-state index in [4.69, 9.17) is 4.52 Å². The molecular weight excluding hydrogens is 338 g/mol. The second-order valence-electron chi connectivity index (χ2n) is 7.87. The van der Waals surface area contributed by atoms with E-state index >= 15 is 0 Å². The Hall–Kier alpha value is -2.95. The minimum Gasteiger partial charge on any atom is -0.344 e. The summed E-state index contributed by atoms with van der Waals surface area (Å²) in [6, 6.07) is 19.3. The number of carbonyl (C=O) groups excluding carboxylic acids is 1. The summed E-state index contributed by atoms with van der Waals surface area (Å²) >= 11 is 0. The fraction of sp³-hybridized carbons (Fsp3) is 0.318. The van der Waals surface area contributed by atoms with Crippen molar-refractivity contribution in [2.45, 2.75) is 39.7 Å². The number of aromatic nitrogens is 2. The summed E-state index contributed by atoms with van der Waals surface area (Å²) in [6.45, 7) is 6.12. The zero-order valence-electron chi connectivity index (χ0n) is 16.0. The number of benzene rings is 2. The van der Waals surface area contributed by atoms with Crippen LogP contribution in [0.3, 0.4) is 0 Å². The lowest BCUT2D eigenvalue weighted by Crippen LogP contribution is -2.32. The molecule has 0 spiro atoms. The van der Waals surface area contributed by atoms with E-state index in [-0.39, 0.29) is 17.4 Å². The molecule has 5 nitrogen and oxygen atoms in total. The van der Waals surface area contributed by atoms with Crippen LogP contribution in [0.15, 0.2) is 65.2 Å². The fourth-order valence-corrected chi connectivity index (χ4v) is 2.86. The third-order valence-electron chi connectivity index (χ3n) is 4.08. The van der Waals surface area contributed by atoms with Crippen molar-refractivity contribution in [1.82, 2.24) is 15.5 Å². The Bertz CT molecular complexity index is 867. The molecule has 0 bridgehead atoms. The highest BCUT2D eigenvalue weighted by Gasteiger charge is 2.24. The molecule has 5 heteroatoms. The molecular formula is C22H25N3O2. The number of hydrogen-bond donors (Lipinski definition) is 1. The quantitative estimate of drug-likeness (QED) is 0.696. The van der Waals surface area contributed by atoms with Gasteiger partial charge in [-0.3, -0.25) is 4.79 Å². The average molecular weight is 363 g/mol. The first-order valence-electron chi connectivity index (χ1n) is 9.13. The molecule has 2 aromatic carbocycles. The van der Waals surface area contributed by atoms with Gasteiger partial charge in [-0.25, -0.2) is 0 Å². The summed E-state index contributed by atoms with van der Waals surface area (Å²) in [4.78, 5) is 17.0. The predicted octanol–water partition coefficient (Wildman–Crippen LogP) is 4.57. The van der Waals surface area contributed by atoms with Crippen molar-refractivity contribution in [2.75, 3.05) is 0 Å². The number of carbonyl (C=O) groups is 1. The molecule has 0 aliphatic rings. The summed E-state index contributed by atoms with van der Waals surface area (Å²) in [7, 11) is 0. The Labute approximate surface area is 159 Å². The molecule has 3 rings (SSSR count). The van der Waals surface area contributed by atoms with Gasteiger partial charge in [-0.2, -0.15) is 4.98 Å². The Morgan fingerprint density at radius 2 is 1.67 bits per heavy atom. The first-order chi connectivity index (χ1) is 12.9. The zero-order chi connectivity index (χ0) is 19.3. The van der Waals surface area contributed by atoms with Crippen molar-refractivity contribution in [1.29, 1.82) is 0 Å². The normalized spacial score (nSPS) is 12.6. The maximum atomic E-state index is 12.5. The van der Waals surface area contributed by atoms with Crippen LogP contribution in [-0.4, -0.2) is 16.0 Å². The molecule has 3 aromatic rings. The Morgan fingerprint density at radius 1 is 1.04 bits per heavy atom. The molecule has 0 aliphatic carbocycles. The maximum Gasteiger partial charge on any atom is 0.249 e. The molecule has 0 saturated carbocycles. The van der Waals surface area contributed by atoms with Crippen molar-refractivity contribution < 1.29 is 9.32 Å². The largest absolute Gasteiger partial charge is 0.344 e. The van der Waals surface area contributed by atoms with Gasteiger partial charge in [-0.05, 0) is 11.0 Å². The summed E-state index contributed by atoms with van der Waals surface area (Å²) in [6.07, 6.45) is 1.02. The van der Waals surface area contributed by atoms with Crippen LogP contribution < -0.4 is 5.32 Å². The van der Waals surface area contributed by atoms with Gasteiger partial charge in [0.2, 0.25) is 17.6 Å². The monoisotopic (exact) mass is 363 g/mol. The Kier molecular flexibility index (Phi) is 5.69. The second-order valence-corrected chi connectivity index (χ2v) is 7.87. The molecule has 1 unspecified atom stereocenters. The van der Waals surface area contributed by atoms with E-state index in [1.807, 2.05) is 81.4 Å². The van der Waals surface area contributed by atoms with Gasteiger partial charge in [-0.1, -0.05) is 86.6 Å². The molecule has 27 heavy (non-hydrogen) atoms. The van der Waals surface area contributed by atoms with E-state index < -0.39 is 0 Å². The zero-order valence-corrected chi connectivity index (χ0v) is 16.0. The highest BCUT2D eigenvalue weighted by molar-refractivity contribution is 5.77. The van der Waals surface area contributed by atoms with Crippen LogP contribution in [0.25, 0.3) is 11.4 Å². The van der Waals surface area contributed by atoms with Gasteiger partial charge in [0.25, 0.3) is 0 Å². The first-order valence-corrected chi connectivity index (χ1v) is 9.13. The average Bonchev–Trinajstić information content (AvgIpc) is 3.11. The van der Waals surface area contributed by atoms with E-state index in [1.54, 1.807) is 0 Å². The van der Waals surface area contributed by atoms with Crippen LogP contribution in [0.4, 0.5) is 0 Å². The van der Waals surface area contributed by atoms with Gasteiger partial charge in [0.15, 0.2) is 0 Å². The van der Waals surface area contributed by atoms with Gasteiger partial charge in [0, 0.05) is 18.4 Å². The minimum absolute atomic E-state index is 0.0251. The van der Waals surface area contributed by atoms with Crippen molar-refractivity contribution in [3.05, 3.63) is 72.1 Å². The molecule has 1 N–H and O–H groups in total. The molecule has 140 valence electrons. The number of hydrogen-bond acceptors (Lipinski definition) is 4. The third kappa shape index (κ3) is 5.51. The third-order valence-corrected chi connectivity index (χ3v) is 4.08. The smallest absolute Gasteiger partial charge is 0.249 e. The molecule has 0 saturated heterocycles. The van der Waals surface area contributed by atoms with Crippen LogP contribution in [0.1, 0.15) is 44.7 Å². The number of amides is 1. The summed E-state index contributed by atoms with van der Waals surface area (Å²) < 4.78 is 5.51. The van der Waals surface area contributed by atoms with Gasteiger partial charge in [0.05, 0.1) is 0 Å². The Morgan fingerprint density at radius 3 is 2.30 bits per heavy atom. The van der Waals surface area contributed by atoms with Crippen LogP contribution in [0.2, 0.25) is 0 Å². The summed E-state index contributed by atoms with van der Waals surface area (Å²) in [5.41, 5.74) is 1.89. The molecule has 0 radical (unpaired) electrons. The van der Waals surface area contributed by atoms with Crippen LogP contribution >= 0.6 is 0 Å². The summed E-state index contributed by atoms with van der Waals surface area (Å²) in [5, 5.41) is 7.16. The fourth-order valence-electron chi connectivity index (χ4n) is 2.86. The number of nitrogens with one attached hydrogen (secondary N) is 1. The van der Waals surface area contributed by atoms with Crippen molar-refractivity contribution in [3.63, 3.8) is 0 Å². The standard InChI is InChI=1S/C22H25N3O2/c1-22(2,3)15-19(26)23-18(14-16-10-6-4-7-11-16)21-24-20(25-27-21)17-12-8-5-9-13-17/h4-13,18H,14-15H2,1-3H3,(H,23,26). The van der Waals surface area contributed by atoms with E-state index in [2.05, 4.69) is 15.5 Å². The van der Waals surface area contributed by atoms with Crippen LogP contribution in [0, 0.1) is 5.41 Å². The van der Waals surface area contributed by atoms with E-state index in [9.17, 15) is 4.79 Å². The van der Waals surface area contributed by atoms with Crippen LogP contribution in [-0.2, 0) is 11.2 Å². The maximum absolute atomic E-state index is 12.5. The SMILES string of the molecule is CC(C)(C)CC(=O)NC(Cc1ccccc1)c1nc(-c2ccccc2)no1. The molecule has 1 aromatic heterocycles. The molecule has 1 atom stereocenters. The number of rotatable bonds is 6. The highest BCUT2D eigenvalue weighted by atomic mass is 16.5. The van der Waals surface area contributed by atoms with E-state index in [1.165, 1.54) is 0 Å². The molecule has 1 heterocycles. The van der Waals surface area contributed by atoms with Gasteiger partial charge >= 0.3 is 0 Å². The summed E-state index contributed by atoms with van der Waals surface area (Å²) in [5.74, 6) is 0.914. The van der Waals surface area contributed by atoms with Gasteiger partial charge < -0.3 is 9.84 Å². The number of nitrogens with zero attached hydrogens (tertiary/aromatic N) is 2. The lowest BCUT2D eigenvalue weighted by Gasteiger charge is -2.20. The van der Waals surface area contributed by atoms with Gasteiger partial charge in [-0.15, -0.1) is 0 Å². The lowest BCUT2D eigenvalue weighted by molar-refractivity contribution is -0.123. The van der Waals surface area contributed by atoms with Crippen LogP contribution in [0.5, 0.6) is 0 Å². The van der Waals surface area contributed by atoms with Crippen molar-refractivity contribution in [3.8, 4) is 11.4 Å². The Balaban J connectivity index is 1.83. The topological polar surface area (TPSA) is 68.0 Å². The van der Waals surface area contributed by atoms with E-state index in [0.717, 1.165) is 11.1 Å². The molecule has 0 fully saturated rings.